The Morgan fingerprint density at radius 3 is 2.20 bits per heavy atom. The molecule has 1 aliphatic rings. The number of ether oxygens (including phenoxy) is 2. The molecule has 0 radical (unpaired) electrons. The van der Waals surface area contributed by atoms with Gasteiger partial charge in [0, 0.05) is 13.0 Å². The Hall–Kier alpha value is -1.83. The number of amides is 1. The third kappa shape index (κ3) is 2.55. The molecule has 0 N–H and O–H groups in total. The largest absolute Gasteiger partial charge is 0.494 e. The SMILES string of the molecule is COc1cccc(OC)c1N1CC(S(=O)(=O)F)CC1=O. The molecule has 1 saturated heterocycles. The van der Waals surface area contributed by atoms with Gasteiger partial charge in [0.25, 0.3) is 0 Å². The van der Waals surface area contributed by atoms with Crippen molar-refractivity contribution in [3.8, 4) is 11.5 Å². The van der Waals surface area contributed by atoms with Crippen molar-refractivity contribution in [2.75, 3.05) is 25.7 Å². The van der Waals surface area contributed by atoms with Crippen LogP contribution in [0.15, 0.2) is 18.2 Å². The molecular weight excluding hydrogens is 289 g/mol. The van der Waals surface area contributed by atoms with Gasteiger partial charge < -0.3 is 14.4 Å². The van der Waals surface area contributed by atoms with E-state index in [-0.39, 0.29) is 13.0 Å². The first-order valence-corrected chi connectivity index (χ1v) is 7.28. The van der Waals surface area contributed by atoms with Gasteiger partial charge in [-0.05, 0) is 12.1 Å². The van der Waals surface area contributed by atoms with E-state index in [0.717, 1.165) is 0 Å². The van der Waals surface area contributed by atoms with Gasteiger partial charge in [-0.3, -0.25) is 4.79 Å². The molecule has 1 atom stereocenters. The second kappa shape index (κ2) is 5.28. The number of anilines is 1. The number of hydrogen-bond donors (Lipinski definition) is 0. The Balaban J connectivity index is 2.45. The topological polar surface area (TPSA) is 72.9 Å². The number of nitrogens with zero attached hydrogens (tertiary/aromatic N) is 1. The van der Waals surface area contributed by atoms with Crippen LogP contribution in [0.1, 0.15) is 6.42 Å². The molecular formula is C12H14FNO5S. The molecule has 0 aliphatic carbocycles. The number of para-hydroxylation sites is 1. The monoisotopic (exact) mass is 303 g/mol. The lowest BCUT2D eigenvalue weighted by atomic mass is 10.2. The summed E-state index contributed by atoms with van der Waals surface area (Å²) in [6, 6.07) is 4.90. The van der Waals surface area contributed by atoms with E-state index in [4.69, 9.17) is 9.47 Å². The summed E-state index contributed by atoms with van der Waals surface area (Å²) in [5, 5.41) is -1.36. The van der Waals surface area contributed by atoms with Crippen LogP contribution in [0.3, 0.4) is 0 Å². The zero-order chi connectivity index (χ0) is 14.9. The van der Waals surface area contributed by atoms with Crippen molar-refractivity contribution < 1.29 is 26.6 Å². The lowest BCUT2D eigenvalue weighted by Gasteiger charge is -2.21. The quantitative estimate of drug-likeness (QED) is 0.779. The predicted octanol–water partition coefficient (Wildman–Crippen LogP) is 1.11. The number of carbonyl (C=O) groups excluding carboxylic acids is 1. The summed E-state index contributed by atoms with van der Waals surface area (Å²) in [6.45, 7) is -0.256. The number of methoxy groups -OCH3 is 2. The Bertz CT molecular complexity index is 608. The van der Waals surface area contributed by atoms with Crippen molar-refractivity contribution in [1.82, 2.24) is 0 Å². The molecule has 1 aromatic carbocycles. The predicted molar refractivity (Wildman–Crippen MR) is 70.3 cm³/mol. The lowest BCUT2D eigenvalue weighted by molar-refractivity contribution is -0.117. The summed E-state index contributed by atoms with van der Waals surface area (Å²) >= 11 is 0. The maximum absolute atomic E-state index is 13.1. The maximum atomic E-state index is 13.1. The molecule has 1 fully saturated rings. The average Bonchev–Trinajstić information content (AvgIpc) is 2.79. The van der Waals surface area contributed by atoms with Crippen LogP contribution in [-0.4, -0.2) is 40.3 Å². The third-order valence-electron chi connectivity index (χ3n) is 3.16. The molecule has 6 nitrogen and oxygen atoms in total. The fourth-order valence-electron chi connectivity index (χ4n) is 2.18. The molecule has 20 heavy (non-hydrogen) atoms. The van der Waals surface area contributed by atoms with E-state index in [9.17, 15) is 17.1 Å². The molecule has 1 amide bonds. The number of carbonyl (C=O) groups is 1. The normalized spacial score (nSPS) is 19.2. The second-order valence-corrected chi connectivity index (χ2v) is 5.93. The Morgan fingerprint density at radius 1 is 1.25 bits per heavy atom. The smallest absolute Gasteiger partial charge is 0.307 e. The fourth-order valence-corrected chi connectivity index (χ4v) is 2.85. The van der Waals surface area contributed by atoms with Crippen molar-refractivity contribution in [3.05, 3.63) is 18.2 Å². The van der Waals surface area contributed by atoms with E-state index in [2.05, 4.69) is 0 Å². The molecule has 1 heterocycles. The van der Waals surface area contributed by atoms with Gasteiger partial charge >= 0.3 is 10.2 Å². The van der Waals surface area contributed by atoms with Crippen LogP contribution >= 0.6 is 0 Å². The summed E-state index contributed by atoms with van der Waals surface area (Å²) in [7, 11) is -1.92. The Kier molecular flexibility index (Phi) is 3.85. The van der Waals surface area contributed by atoms with Gasteiger partial charge in [-0.25, -0.2) is 0 Å². The summed E-state index contributed by atoms with van der Waals surface area (Å²) in [5.41, 5.74) is 0.314. The van der Waals surface area contributed by atoms with Crippen LogP contribution in [0.5, 0.6) is 11.5 Å². The van der Waals surface area contributed by atoms with Crippen molar-refractivity contribution in [2.24, 2.45) is 0 Å². The highest BCUT2D eigenvalue weighted by Gasteiger charge is 2.41. The minimum Gasteiger partial charge on any atom is -0.494 e. The van der Waals surface area contributed by atoms with Crippen molar-refractivity contribution >= 4 is 21.8 Å². The minimum atomic E-state index is -4.76. The lowest BCUT2D eigenvalue weighted by Crippen LogP contribution is -2.27. The first-order valence-electron chi connectivity index (χ1n) is 5.83. The van der Waals surface area contributed by atoms with Crippen LogP contribution in [0.25, 0.3) is 0 Å². The van der Waals surface area contributed by atoms with Crippen LogP contribution in [-0.2, 0) is 15.0 Å². The van der Waals surface area contributed by atoms with Gasteiger partial charge in [0.1, 0.15) is 22.4 Å². The molecule has 1 unspecified atom stereocenters. The van der Waals surface area contributed by atoms with E-state index in [1.165, 1.54) is 19.1 Å². The Labute approximate surface area is 116 Å². The van der Waals surface area contributed by atoms with Gasteiger partial charge in [-0.2, -0.15) is 8.42 Å². The Morgan fingerprint density at radius 2 is 1.80 bits per heavy atom. The third-order valence-corrected chi connectivity index (χ3v) is 4.27. The highest BCUT2D eigenvalue weighted by molar-refractivity contribution is 7.87. The average molecular weight is 303 g/mol. The molecule has 0 saturated carbocycles. The molecule has 1 aromatic rings. The van der Waals surface area contributed by atoms with Crippen molar-refractivity contribution in [3.63, 3.8) is 0 Å². The molecule has 110 valence electrons. The number of benzene rings is 1. The van der Waals surface area contributed by atoms with E-state index >= 15 is 0 Å². The fraction of sp³-hybridized carbons (Fsp3) is 0.417. The minimum absolute atomic E-state index is 0.256. The number of rotatable bonds is 4. The van der Waals surface area contributed by atoms with Gasteiger partial charge in [-0.1, -0.05) is 6.07 Å². The van der Waals surface area contributed by atoms with E-state index in [0.29, 0.717) is 17.2 Å². The van der Waals surface area contributed by atoms with E-state index in [1.54, 1.807) is 18.2 Å². The van der Waals surface area contributed by atoms with Crippen molar-refractivity contribution in [2.45, 2.75) is 11.7 Å². The van der Waals surface area contributed by atoms with Gasteiger partial charge in [0.15, 0.2) is 0 Å². The standard InChI is InChI=1S/C12H14FNO5S/c1-18-9-4-3-5-10(19-2)12(9)14-7-8(6-11(14)15)20(13,16)17/h3-5,8H,6-7H2,1-2H3. The van der Waals surface area contributed by atoms with E-state index in [1.807, 2.05) is 0 Å². The number of hydrogen-bond acceptors (Lipinski definition) is 5. The van der Waals surface area contributed by atoms with Crippen molar-refractivity contribution in [1.29, 1.82) is 0 Å². The van der Waals surface area contributed by atoms with Gasteiger partial charge in [0.2, 0.25) is 5.91 Å². The van der Waals surface area contributed by atoms with Crippen LogP contribution in [0.2, 0.25) is 0 Å². The van der Waals surface area contributed by atoms with E-state index < -0.39 is 21.4 Å². The molecule has 0 bridgehead atoms. The summed E-state index contributed by atoms with van der Waals surface area (Å²) in [6.07, 6.45) is -0.389. The number of halogens is 1. The first-order chi connectivity index (χ1) is 9.38. The van der Waals surface area contributed by atoms with Crippen LogP contribution in [0, 0.1) is 0 Å². The molecule has 8 heteroatoms. The highest BCUT2D eigenvalue weighted by atomic mass is 32.3. The molecule has 0 spiro atoms. The first kappa shape index (κ1) is 14.6. The van der Waals surface area contributed by atoms with Gasteiger partial charge in [-0.15, -0.1) is 3.89 Å². The summed E-state index contributed by atoms with van der Waals surface area (Å²) in [4.78, 5) is 13.1. The molecule has 2 rings (SSSR count). The van der Waals surface area contributed by atoms with Crippen LogP contribution < -0.4 is 14.4 Å². The second-order valence-electron chi connectivity index (χ2n) is 4.32. The highest BCUT2D eigenvalue weighted by Crippen LogP contribution is 2.40. The van der Waals surface area contributed by atoms with Gasteiger partial charge in [0.05, 0.1) is 14.2 Å². The van der Waals surface area contributed by atoms with Crippen LogP contribution in [0.4, 0.5) is 9.57 Å². The molecule has 1 aliphatic heterocycles. The summed E-state index contributed by atoms with van der Waals surface area (Å²) in [5.74, 6) is 0.225. The zero-order valence-corrected chi connectivity index (χ0v) is 11.8. The zero-order valence-electron chi connectivity index (χ0n) is 11.0. The summed E-state index contributed by atoms with van der Waals surface area (Å²) < 4.78 is 45.3. The maximum Gasteiger partial charge on any atom is 0.307 e. The molecule has 0 aromatic heterocycles.